The Morgan fingerprint density at radius 1 is 0.690 bits per heavy atom. The molecule has 3 nitrogen and oxygen atoms in total. The quantitative estimate of drug-likeness (QED) is 0.467. The third-order valence-electron chi connectivity index (χ3n) is 5.87. The summed E-state index contributed by atoms with van der Waals surface area (Å²) in [5.41, 5.74) is 5.59. The van der Waals surface area contributed by atoms with Crippen LogP contribution in [0.15, 0.2) is 79.0 Å². The van der Waals surface area contributed by atoms with Crippen molar-refractivity contribution in [2.24, 2.45) is 0 Å². The Labute approximate surface area is 170 Å². The lowest BCUT2D eigenvalue weighted by molar-refractivity contribution is 0.639. The molecule has 0 bridgehead atoms. The molecule has 0 spiro atoms. The molecule has 1 aliphatic heterocycles. The lowest BCUT2D eigenvalue weighted by Crippen LogP contribution is -2.46. The van der Waals surface area contributed by atoms with Crippen molar-refractivity contribution in [3.63, 3.8) is 0 Å². The number of hydrogen-bond acceptors (Lipinski definition) is 2. The first-order valence-corrected chi connectivity index (χ1v) is 10.1. The van der Waals surface area contributed by atoms with E-state index in [1.807, 2.05) is 25.3 Å². The number of aryl methyl sites for hydroxylation is 1. The van der Waals surface area contributed by atoms with Crippen molar-refractivity contribution >= 4 is 22.3 Å². The van der Waals surface area contributed by atoms with Crippen LogP contribution < -0.4 is 9.80 Å². The van der Waals surface area contributed by atoms with Gasteiger partial charge in [0.05, 0.1) is 5.52 Å². The summed E-state index contributed by atoms with van der Waals surface area (Å²) in [7, 11) is 0. The van der Waals surface area contributed by atoms with Crippen molar-refractivity contribution in [1.29, 1.82) is 0 Å². The average molecular weight is 385 g/mol. The second kappa shape index (κ2) is 7.28. The van der Waals surface area contributed by atoms with Crippen LogP contribution in [0.1, 0.15) is 5.56 Å². The molecule has 4 heteroatoms. The highest BCUT2D eigenvalue weighted by atomic mass is 19.1. The van der Waals surface area contributed by atoms with Gasteiger partial charge in [-0.3, -0.25) is 0 Å². The molecule has 1 aliphatic rings. The monoisotopic (exact) mass is 385 g/mol. The van der Waals surface area contributed by atoms with Gasteiger partial charge in [0.1, 0.15) is 5.82 Å². The molecule has 0 radical (unpaired) electrons. The van der Waals surface area contributed by atoms with Crippen LogP contribution in [0.2, 0.25) is 0 Å². The zero-order valence-corrected chi connectivity index (χ0v) is 16.6. The number of para-hydroxylation sites is 1. The average Bonchev–Trinajstić information content (AvgIpc) is 3.24. The third-order valence-corrected chi connectivity index (χ3v) is 5.87. The van der Waals surface area contributed by atoms with E-state index >= 15 is 0 Å². The molecular weight excluding hydrogens is 361 g/mol. The summed E-state index contributed by atoms with van der Waals surface area (Å²) in [5.74, 6) is -0.169. The molecule has 1 aromatic heterocycles. The number of fused-ring (bicyclic) bond motifs is 1. The lowest BCUT2D eigenvalue weighted by atomic mass is 10.1. The van der Waals surface area contributed by atoms with E-state index in [4.69, 9.17) is 0 Å². The van der Waals surface area contributed by atoms with E-state index in [2.05, 4.69) is 69.0 Å². The smallest absolute Gasteiger partial charge is 0.132 e. The first kappa shape index (κ1) is 17.8. The molecule has 1 saturated heterocycles. The number of halogens is 1. The first-order valence-electron chi connectivity index (χ1n) is 10.1. The minimum atomic E-state index is -0.169. The van der Waals surface area contributed by atoms with Crippen molar-refractivity contribution in [2.75, 3.05) is 36.0 Å². The van der Waals surface area contributed by atoms with Crippen molar-refractivity contribution in [3.8, 4) is 5.69 Å². The molecule has 0 amide bonds. The molecule has 1 fully saturated rings. The Balaban J connectivity index is 1.41. The summed E-state index contributed by atoms with van der Waals surface area (Å²) in [6.45, 7) is 6.01. The molecule has 0 aliphatic carbocycles. The number of aromatic nitrogens is 1. The van der Waals surface area contributed by atoms with Crippen molar-refractivity contribution in [2.45, 2.75) is 6.92 Å². The standard InChI is InChI=1S/C25H24FN3/c1-19-10-11-24(26)23-12-13-29(25(19)23)22-9-5-8-21(18-22)28-16-14-27(15-17-28)20-6-3-2-4-7-20/h2-13,18H,14-17H2,1H3. The van der Waals surface area contributed by atoms with E-state index in [-0.39, 0.29) is 5.82 Å². The molecule has 146 valence electrons. The second-order valence-electron chi connectivity index (χ2n) is 7.64. The maximum Gasteiger partial charge on any atom is 0.132 e. The van der Waals surface area contributed by atoms with Gasteiger partial charge in [-0.15, -0.1) is 0 Å². The van der Waals surface area contributed by atoms with Crippen LogP contribution in [0.4, 0.5) is 15.8 Å². The Hall–Kier alpha value is -3.27. The van der Waals surface area contributed by atoms with Crippen LogP contribution in [0.5, 0.6) is 0 Å². The molecule has 0 saturated carbocycles. The summed E-state index contributed by atoms with van der Waals surface area (Å²) < 4.78 is 16.3. The van der Waals surface area contributed by atoms with Gasteiger partial charge in [-0.25, -0.2) is 4.39 Å². The number of piperazine rings is 1. The van der Waals surface area contributed by atoms with Crippen LogP contribution in [0, 0.1) is 12.7 Å². The fraction of sp³-hybridized carbons (Fsp3) is 0.200. The Bertz CT molecular complexity index is 1140. The zero-order valence-electron chi connectivity index (χ0n) is 16.6. The molecule has 3 aromatic carbocycles. The minimum Gasteiger partial charge on any atom is -0.368 e. The van der Waals surface area contributed by atoms with E-state index in [9.17, 15) is 4.39 Å². The fourth-order valence-electron chi connectivity index (χ4n) is 4.31. The van der Waals surface area contributed by atoms with E-state index in [1.54, 1.807) is 6.07 Å². The molecule has 4 aromatic rings. The molecule has 0 atom stereocenters. The van der Waals surface area contributed by atoms with Gasteiger partial charge in [-0.2, -0.15) is 0 Å². The van der Waals surface area contributed by atoms with Crippen molar-refractivity contribution in [3.05, 3.63) is 90.4 Å². The number of benzene rings is 3. The highest BCUT2D eigenvalue weighted by Gasteiger charge is 2.18. The predicted molar refractivity (Wildman–Crippen MR) is 119 cm³/mol. The topological polar surface area (TPSA) is 11.4 Å². The largest absolute Gasteiger partial charge is 0.368 e. The summed E-state index contributed by atoms with van der Waals surface area (Å²) in [6, 6.07) is 24.4. The van der Waals surface area contributed by atoms with Gasteiger partial charge in [-0.1, -0.05) is 30.3 Å². The third kappa shape index (κ3) is 3.25. The Morgan fingerprint density at radius 3 is 2.10 bits per heavy atom. The normalized spacial score (nSPS) is 14.6. The SMILES string of the molecule is Cc1ccc(F)c2ccn(-c3cccc(N4CCN(c5ccccc5)CC4)c3)c12. The minimum absolute atomic E-state index is 0.169. The molecule has 0 N–H and O–H groups in total. The van der Waals surface area contributed by atoms with E-state index in [1.165, 1.54) is 11.4 Å². The molecule has 29 heavy (non-hydrogen) atoms. The van der Waals surface area contributed by atoms with Crippen LogP contribution in [-0.4, -0.2) is 30.7 Å². The zero-order chi connectivity index (χ0) is 19.8. The van der Waals surface area contributed by atoms with Crippen molar-refractivity contribution in [1.82, 2.24) is 4.57 Å². The highest BCUT2D eigenvalue weighted by molar-refractivity contribution is 5.85. The maximum atomic E-state index is 14.2. The fourth-order valence-corrected chi connectivity index (χ4v) is 4.31. The predicted octanol–water partition coefficient (Wildman–Crippen LogP) is 5.40. The molecule has 2 heterocycles. The number of nitrogens with zero attached hydrogens (tertiary/aromatic N) is 3. The van der Waals surface area contributed by atoms with E-state index < -0.39 is 0 Å². The van der Waals surface area contributed by atoms with Gasteiger partial charge in [0.2, 0.25) is 0 Å². The number of rotatable bonds is 3. The Morgan fingerprint density at radius 2 is 1.34 bits per heavy atom. The van der Waals surface area contributed by atoms with E-state index in [0.29, 0.717) is 5.39 Å². The van der Waals surface area contributed by atoms with Gasteiger partial charge in [0, 0.05) is 54.8 Å². The van der Waals surface area contributed by atoms with Crippen LogP contribution in [0.25, 0.3) is 16.6 Å². The highest BCUT2D eigenvalue weighted by Crippen LogP contribution is 2.28. The summed E-state index contributed by atoms with van der Waals surface area (Å²) in [5, 5.41) is 0.673. The van der Waals surface area contributed by atoms with Gasteiger partial charge < -0.3 is 14.4 Å². The van der Waals surface area contributed by atoms with Gasteiger partial charge in [-0.05, 0) is 55.0 Å². The van der Waals surface area contributed by atoms with Crippen LogP contribution >= 0.6 is 0 Å². The van der Waals surface area contributed by atoms with Gasteiger partial charge in [0.25, 0.3) is 0 Å². The number of hydrogen-bond donors (Lipinski definition) is 0. The second-order valence-corrected chi connectivity index (χ2v) is 7.64. The van der Waals surface area contributed by atoms with Crippen molar-refractivity contribution < 1.29 is 4.39 Å². The van der Waals surface area contributed by atoms with Gasteiger partial charge >= 0.3 is 0 Å². The van der Waals surface area contributed by atoms with E-state index in [0.717, 1.165) is 42.9 Å². The summed E-state index contributed by atoms with van der Waals surface area (Å²) >= 11 is 0. The Kier molecular flexibility index (Phi) is 4.47. The first-order chi connectivity index (χ1) is 14.2. The maximum absolute atomic E-state index is 14.2. The lowest BCUT2D eigenvalue weighted by Gasteiger charge is -2.37. The molecule has 5 rings (SSSR count). The van der Waals surface area contributed by atoms with Crippen LogP contribution in [0.3, 0.4) is 0 Å². The number of anilines is 2. The molecule has 0 unspecified atom stereocenters. The molecular formula is C25H24FN3. The van der Waals surface area contributed by atoms with Crippen LogP contribution in [-0.2, 0) is 0 Å². The summed E-state index contributed by atoms with van der Waals surface area (Å²) in [4.78, 5) is 4.87. The van der Waals surface area contributed by atoms with Gasteiger partial charge in [0.15, 0.2) is 0 Å². The summed E-state index contributed by atoms with van der Waals surface area (Å²) in [6.07, 6.45) is 1.97.